The smallest absolute Gasteiger partial charge is 0.206 e. The number of thiazole rings is 1. The van der Waals surface area contributed by atoms with Gasteiger partial charge in [0.05, 0.1) is 9.90 Å². The standard InChI is InChI=1S/C18H15N3S2/c1-12-3-7-14(8-4-12)16-17(23-18-19-11-20-21(16)18)22-15-9-5-13(2)6-10-15/h3-11H,1-2H3. The molecule has 3 nitrogen and oxygen atoms in total. The van der Waals surface area contributed by atoms with E-state index in [0.29, 0.717) is 0 Å². The summed E-state index contributed by atoms with van der Waals surface area (Å²) in [7, 11) is 0. The highest BCUT2D eigenvalue weighted by Crippen LogP contribution is 2.41. The van der Waals surface area contributed by atoms with Crippen LogP contribution >= 0.6 is 23.1 Å². The van der Waals surface area contributed by atoms with E-state index in [2.05, 4.69) is 72.5 Å². The summed E-state index contributed by atoms with van der Waals surface area (Å²) in [6, 6.07) is 17.2. The average Bonchev–Trinajstić information content (AvgIpc) is 3.11. The summed E-state index contributed by atoms with van der Waals surface area (Å²) in [5.74, 6) is 0. The summed E-state index contributed by atoms with van der Waals surface area (Å²) in [4.78, 5) is 6.51. The molecule has 0 N–H and O–H groups in total. The molecule has 0 unspecified atom stereocenters. The van der Waals surface area contributed by atoms with Gasteiger partial charge in [0.15, 0.2) is 0 Å². The molecule has 0 spiro atoms. The molecule has 0 saturated heterocycles. The number of aryl methyl sites for hydroxylation is 2. The average molecular weight is 337 g/mol. The Kier molecular flexibility index (Phi) is 3.67. The van der Waals surface area contributed by atoms with Crippen LogP contribution in [0.4, 0.5) is 0 Å². The van der Waals surface area contributed by atoms with Crippen LogP contribution in [0.15, 0.2) is 64.0 Å². The van der Waals surface area contributed by atoms with Gasteiger partial charge in [0.1, 0.15) is 6.33 Å². The van der Waals surface area contributed by atoms with E-state index in [0.717, 1.165) is 10.7 Å². The molecule has 2 heterocycles. The van der Waals surface area contributed by atoms with Crippen molar-refractivity contribution in [1.82, 2.24) is 14.6 Å². The van der Waals surface area contributed by atoms with E-state index in [-0.39, 0.29) is 0 Å². The molecule has 0 aliphatic carbocycles. The van der Waals surface area contributed by atoms with Gasteiger partial charge in [-0.3, -0.25) is 0 Å². The SMILES string of the molecule is Cc1ccc(Sc2sc3ncnn3c2-c2ccc(C)cc2)cc1. The molecule has 2 aromatic carbocycles. The van der Waals surface area contributed by atoms with Gasteiger partial charge in [-0.05, 0) is 26.0 Å². The van der Waals surface area contributed by atoms with Crippen LogP contribution in [0.2, 0.25) is 0 Å². The fraction of sp³-hybridized carbons (Fsp3) is 0.111. The lowest BCUT2D eigenvalue weighted by Gasteiger charge is -2.05. The first kappa shape index (κ1) is 14.5. The summed E-state index contributed by atoms with van der Waals surface area (Å²) in [5.41, 5.74) is 4.82. The molecule has 23 heavy (non-hydrogen) atoms. The Labute approximate surface area is 143 Å². The van der Waals surface area contributed by atoms with Gasteiger partial charge in [0.2, 0.25) is 4.96 Å². The molecule has 5 heteroatoms. The van der Waals surface area contributed by atoms with Crippen LogP contribution in [-0.4, -0.2) is 14.6 Å². The third kappa shape index (κ3) is 2.78. The van der Waals surface area contributed by atoms with Crippen molar-refractivity contribution in [2.24, 2.45) is 0 Å². The highest BCUT2D eigenvalue weighted by atomic mass is 32.2. The van der Waals surface area contributed by atoms with E-state index in [1.165, 1.54) is 25.8 Å². The second kappa shape index (κ2) is 5.83. The van der Waals surface area contributed by atoms with Crippen molar-refractivity contribution in [3.63, 3.8) is 0 Å². The zero-order valence-electron chi connectivity index (χ0n) is 12.9. The number of rotatable bonds is 3. The fourth-order valence-electron chi connectivity index (χ4n) is 2.41. The Morgan fingerprint density at radius 1 is 0.913 bits per heavy atom. The molecule has 0 bridgehead atoms. The highest BCUT2D eigenvalue weighted by Gasteiger charge is 2.17. The maximum atomic E-state index is 4.40. The zero-order valence-corrected chi connectivity index (χ0v) is 14.5. The molecule has 0 fully saturated rings. The van der Waals surface area contributed by atoms with Gasteiger partial charge in [0, 0.05) is 10.5 Å². The molecule has 114 valence electrons. The summed E-state index contributed by atoms with van der Waals surface area (Å²) in [5, 5.41) is 4.40. The first-order valence-corrected chi connectivity index (χ1v) is 8.98. The number of benzene rings is 2. The zero-order chi connectivity index (χ0) is 15.8. The minimum Gasteiger partial charge on any atom is -0.206 e. The maximum absolute atomic E-state index is 4.40. The molecule has 0 radical (unpaired) electrons. The van der Waals surface area contributed by atoms with E-state index < -0.39 is 0 Å². The molecule has 0 aliphatic rings. The number of fused-ring (bicyclic) bond motifs is 1. The Morgan fingerprint density at radius 2 is 1.57 bits per heavy atom. The van der Waals surface area contributed by atoms with Crippen molar-refractivity contribution in [2.75, 3.05) is 0 Å². The van der Waals surface area contributed by atoms with Crippen LogP contribution in [0.5, 0.6) is 0 Å². The minimum atomic E-state index is 0.926. The van der Waals surface area contributed by atoms with Crippen LogP contribution in [0.25, 0.3) is 16.2 Å². The number of aromatic nitrogens is 3. The molecule has 0 atom stereocenters. The number of hydrogen-bond donors (Lipinski definition) is 0. The Bertz CT molecular complexity index is 950. The monoisotopic (exact) mass is 337 g/mol. The first-order chi connectivity index (χ1) is 11.2. The summed E-state index contributed by atoms with van der Waals surface area (Å²) in [6.45, 7) is 4.21. The molecule has 4 rings (SSSR count). The third-order valence-electron chi connectivity index (χ3n) is 3.66. The van der Waals surface area contributed by atoms with Crippen molar-refractivity contribution >= 4 is 28.1 Å². The van der Waals surface area contributed by atoms with Crippen molar-refractivity contribution < 1.29 is 0 Å². The van der Waals surface area contributed by atoms with Crippen LogP contribution in [0.1, 0.15) is 11.1 Å². The topological polar surface area (TPSA) is 30.2 Å². The molecule has 0 saturated carbocycles. The number of hydrogen-bond acceptors (Lipinski definition) is 4. The van der Waals surface area contributed by atoms with E-state index in [9.17, 15) is 0 Å². The maximum Gasteiger partial charge on any atom is 0.213 e. The summed E-state index contributed by atoms with van der Waals surface area (Å²) in [6.07, 6.45) is 1.61. The van der Waals surface area contributed by atoms with Crippen LogP contribution < -0.4 is 0 Å². The van der Waals surface area contributed by atoms with Crippen molar-refractivity contribution in [2.45, 2.75) is 23.0 Å². The number of nitrogens with zero attached hydrogens (tertiary/aromatic N) is 3. The van der Waals surface area contributed by atoms with Crippen molar-refractivity contribution in [3.05, 3.63) is 66.0 Å². The van der Waals surface area contributed by atoms with Gasteiger partial charge in [-0.15, -0.1) is 0 Å². The molecule has 4 aromatic rings. The van der Waals surface area contributed by atoms with Crippen LogP contribution in [0, 0.1) is 13.8 Å². The first-order valence-electron chi connectivity index (χ1n) is 7.35. The van der Waals surface area contributed by atoms with Crippen molar-refractivity contribution in [3.8, 4) is 11.3 Å². The van der Waals surface area contributed by atoms with Gasteiger partial charge in [-0.1, -0.05) is 70.6 Å². The molecular formula is C18H15N3S2. The second-order valence-corrected chi connectivity index (χ2v) is 7.79. The van der Waals surface area contributed by atoms with Crippen LogP contribution in [0.3, 0.4) is 0 Å². The van der Waals surface area contributed by atoms with Crippen LogP contribution in [-0.2, 0) is 0 Å². The predicted octanol–water partition coefficient (Wildman–Crippen LogP) is 5.23. The van der Waals surface area contributed by atoms with E-state index in [4.69, 9.17) is 0 Å². The van der Waals surface area contributed by atoms with Gasteiger partial charge < -0.3 is 0 Å². The van der Waals surface area contributed by atoms with E-state index in [1.807, 2.05) is 4.52 Å². The van der Waals surface area contributed by atoms with Gasteiger partial charge >= 0.3 is 0 Å². The lowest BCUT2D eigenvalue weighted by molar-refractivity contribution is 0.974. The lowest BCUT2D eigenvalue weighted by atomic mass is 10.1. The quantitative estimate of drug-likeness (QED) is 0.513. The van der Waals surface area contributed by atoms with Crippen molar-refractivity contribution in [1.29, 1.82) is 0 Å². The minimum absolute atomic E-state index is 0.926. The highest BCUT2D eigenvalue weighted by molar-refractivity contribution is 8.01. The van der Waals surface area contributed by atoms with E-state index >= 15 is 0 Å². The van der Waals surface area contributed by atoms with E-state index in [1.54, 1.807) is 29.4 Å². The Balaban J connectivity index is 1.82. The Hall–Kier alpha value is -2.11. The Morgan fingerprint density at radius 3 is 2.26 bits per heavy atom. The third-order valence-corrected chi connectivity index (χ3v) is 5.89. The molecule has 0 amide bonds. The fourth-order valence-corrected chi connectivity index (χ4v) is 4.66. The van der Waals surface area contributed by atoms with Gasteiger partial charge in [-0.25, -0.2) is 9.50 Å². The lowest BCUT2D eigenvalue weighted by Crippen LogP contribution is -1.89. The largest absolute Gasteiger partial charge is 0.213 e. The normalized spacial score (nSPS) is 11.2. The van der Waals surface area contributed by atoms with Gasteiger partial charge in [0.25, 0.3) is 0 Å². The second-order valence-electron chi connectivity index (χ2n) is 5.47. The predicted molar refractivity (Wildman–Crippen MR) is 96.3 cm³/mol. The molecule has 2 aromatic heterocycles. The summed E-state index contributed by atoms with van der Waals surface area (Å²) >= 11 is 3.45. The molecular weight excluding hydrogens is 322 g/mol. The summed E-state index contributed by atoms with van der Waals surface area (Å²) < 4.78 is 3.15. The molecule has 0 aliphatic heterocycles. The van der Waals surface area contributed by atoms with Gasteiger partial charge in [-0.2, -0.15) is 5.10 Å².